The van der Waals surface area contributed by atoms with Crippen molar-refractivity contribution in [2.45, 2.75) is 13.0 Å². The minimum absolute atomic E-state index is 0.122. The fourth-order valence-corrected chi connectivity index (χ4v) is 1.64. The Balaban J connectivity index is 3.47. The van der Waals surface area contributed by atoms with Gasteiger partial charge in [-0.2, -0.15) is 0 Å². The fourth-order valence-electron chi connectivity index (χ4n) is 1.12. The third kappa shape index (κ3) is 2.26. The third-order valence-electron chi connectivity index (χ3n) is 1.78. The number of nitro groups is 1. The normalized spacial score (nSPS) is 10.7. The van der Waals surface area contributed by atoms with Gasteiger partial charge in [0.1, 0.15) is 10.8 Å². The summed E-state index contributed by atoms with van der Waals surface area (Å²) >= 11 is 2.80. The summed E-state index contributed by atoms with van der Waals surface area (Å²) in [6.07, 6.45) is -1.96. The summed E-state index contributed by atoms with van der Waals surface area (Å²) in [5.41, 5.74) is 4.00. The van der Waals surface area contributed by atoms with E-state index in [4.69, 9.17) is 5.73 Å². The first-order valence-electron chi connectivity index (χ1n) is 3.79. The van der Waals surface area contributed by atoms with Crippen molar-refractivity contribution in [1.82, 2.24) is 4.98 Å². The second kappa shape index (κ2) is 4.58. The number of pyridine rings is 1. The van der Waals surface area contributed by atoms with Gasteiger partial charge in [0.25, 0.3) is 12.1 Å². The van der Waals surface area contributed by atoms with Crippen LogP contribution in [0.25, 0.3) is 0 Å². The number of hydrogen-bond donors (Lipinski definition) is 1. The Kier molecular flexibility index (Phi) is 3.64. The van der Waals surface area contributed by atoms with Crippen molar-refractivity contribution in [3.63, 3.8) is 0 Å². The van der Waals surface area contributed by atoms with Gasteiger partial charge in [-0.25, -0.2) is 13.8 Å². The van der Waals surface area contributed by atoms with E-state index in [9.17, 15) is 18.9 Å². The minimum Gasteiger partial charge on any atom is -0.326 e. The Morgan fingerprint density at radius 1 is 1.67 bits per heavy atom. The molecule has 1 aromatic rings. The highest BCUT2D eigenvalue weighted by Crippen LogP contribution is 2.33. The second-order valence-corrected chi connectivity index (χ2v) is 3.34. The molecule has 0 aliphatic rings. The SMILES string of the molecule is NCc1c([N+](=O)[O-])cnc(Br)c1C(F)F. The molecule has 0 fully saturated rings. The zero-order valence-electron chi connectivity index (χ0n) is 7.28. The molecule has 0 radical (unpaired) electrons. The van der Waals surface area contributed by atoms with Gasteiger partial charge in [0.05, 0.1) is 16.1 Å². The van der Waals surface area contributed by atoms with Gasteiger partial charge in [-0.3, -0.25) is 10.1 Å². The van der Waals surface area contributed by atoms with Gasteiger partial charge in [0.15, 0.2) is 0 Å². The first-order chi connectivity index (χ1) is 6.99. The summed E-state index contributed by atoms with van der Waals surface area (Å²) in [6.45, 7) is -0.336. The van der Waals surface area contributed by atoms with Crippen LogP contribution in [0.1, 0.15) is 17.6 Å². The fraction of sp³-hybridized carbons (Fsp3) is 0.286. The van der Waals surface area contributed by atoms with Crippen molar-refractivity contribution >= 4 is 21.6 Å². The van der Waals surface area contributed by atoms with Crippen LogP contribution in [0.4, 0.5) is 14.5 Å². The molecule has 82 valence electrons. The molecule has 0 aliphatic heterocycles. The van der Waals surface area contributed by atoms with Gasteiger partial charge >= 0.3 is 0 Å². The number of aromatic nitrogens is 1. The number of halogens is 3. The number of nitrogens with two attached hydrogens (primary N) is 1. The number of nitrogens with zero attached hydrogens (tertiary/aromatic N) is 2. The lowest BCUT2D eigenvalue weighted by Crippen LogP contribution is -2.08. The highest BCUT2D eigenvalue weighted by Gasteiger charge is 2.25. The molecule has 0 atom stereocenters. The van der Waals surface area contributed by atoms with Crippen LogP contribution in [0, 0.1) is 10.1 Å². The molecule has 0 aliphatic carbocycles. The monoisotopic (exact) mass is 281 g/mol. The van der Waals surface area contributed by atoms with Gasteiger partial charge in [-0.1, -0.05) is 0 Å². The van der Waals surface area contributed by atoms with Crippen molar-refractivity contribution in [3.05, 3.63) is 32.0 Å². The maximum atomic E-state index is 12.6. The van der Waals surface area contributed by atoms with Gasteiger partial charge in [0, 0.05) is 6.54 Å². The largest absolute Gasteiger partial charge is 0.326 e. The molecule has 0 unspecified atom stereocenters. The van der Waals surface area contributed by atoms with Crippen molar-refractivity contribution in [1.29, 1.82) is 0 Å². The van der Waals surface area contributed by atoms with Crippen LogP contribution >= 0.6 is 15.9 Å². The summed E-state index contributed by atoms with van der Waals surface area (Å²) in [5, 5.41) is 10.5. The van der Waals surface area contributed by atoms with Crippen LogP contribution in [0.3, 0.4) is 0 Å². The molecule has 0 saturated carbocycles. The molecule has 0 amide bonds. The predicted octanol–water partition coefficient (Wildman–Crippen LogP) is 2.15. The first-order valence-corrected chi connectivity index (χ1v) is 4.58. The standard InChI is InChI=1S/C7H6BrF2N3O2/c8-6-5(7(9)10)3(1-11)4(2-12-6)13(14)15/h2,7H,1,11H2. The van der Waals surface area contributed by atoms with Crippen molar-refractivity contribution < 1.29 is 13.7 Å². The quantitative estimate of drug-likeness (QED) is 0.523. The van der Waals surface area contributed by atoms with Crippen LogP contribution < -0.4 is 5.73 Å². The summed E-state index contributed by atoms with van der Waals surface area (Å²) in [5.74, 6) is 0. The Labute approximate surface area is 91.6 Å². The van der Waals surface area contributed by atoms with E-state index < -0.39 is 22.6 Å². The summed E-state index contributed by atoms with van der Waals surface area (Å²) < 4.78 is 25.0. The Bertz CT molecular complexity index is 400. The maximum absolute atomic E-state index is 12.6. The van der Waals surface area contributed by atoms with E-state index in [1.165, 1.54) is 0 Å². The summed E-state index contributed by atoms with van der Waals surface area (Å²) in [6, 6.07) is 0. The number of rotatable bonds is 3. The summed E-state index contributed by atoms with van der Waals surface area (Å²) in [4.78, 5) is 13.2. The smallest absolute Gasteiger partial charge is 0.292 e. The van der Waals surface area contributed by atoms with E-state index in [0.717, 1.165) is 6.20 Å². The molecule has 0 bridgehead atoms. The molecular formula is C7H6BrF2N3O2. The predicted molar refractivity (Wildman–Crippen MR) is 51.4 cm³/mol. The Hall–Kier alpha value is -1.15. The third-order valence-corrected chi connectivity index (χ3v) is 2.41. The lowest BCUT2D eigenvalue weighted by atomic mass is 10.1. The average Bonchev–Trinajstić information content (AvgIpc) is 2.15. The molecule has 5 nitrogen and oxygen atoms in total. The van der Waals surface area contributed by atoms with E-state index in [0.29, 0.717) is 0 Å². The number of hydrogen-bond acceptors (Lipinski definition) is 4. The summed E-state index contributed by atoms with van der Waals surface area (Å²) in [7, 11) is 0. The van der Waals surface area contributed by atoms with Gasteiger partial charge in [-0.05, 0) is 15.9 Å². The van der Waals surface area contributed by atoms with Crippen LogP contribution in [-0.4, -0.2) is 9.91 Å². The van der Waals surface area contributed by atoms with Crippen LogP contribution in [0.15, 0.2) is 10.8 Å². The van der Waals surface area contributed by atoms with Gasteiger partial charge in [-0.15, -0.1) is 0 Å². The minimum atomic E-state index is -2.86. The van der Waals surface area contributed by atoms with E-state index in [1.54, 1.807) is 0 Å². The van der Waals surface area contributed by atoms with E-state index in [1.807, 2.05) is 0 Å². The molecule has 0 saturated heterocycles. The molecular weight excluding hydrogens is 276 g/mol. The zero-order chi connectivity index (χ0) is 11.6. The van der Waals surface area contributed by atoms with Crippen LogP contribution in [0.2, 0.25) is 0 Å². The molecule has 0 spiro atoms. The molecule has 1 aromatic heterocycles. The van der Waals surface area contributed by atoms with Crippen LogP contribution in [-0.2, 0) is 6.54 Å². The van der Waals surface area contributed by atoms with E-state index in [2.05, 4.69) is 20.9 Å². The molecule has 1 rings (SSSR count). The lowest BCUT2D eigenvalue weighted by molar-refractivity contribution is -0.386. The topological polar surface area (TPSA) is 82.0 Å². The average molecular weight is 282 g/mol. The van der Waals surface area contributed by atoms with Gasteiger partial charge in [0.2, 0.25) is 0 Å². The molecule has 15 heavy (non-hydrogen) atoms. The van der Waals surface area contributed by atoms with Gasteiger partial charge < -0.3 is 5.73 Å². The van der Waals surface area contributed by atoms with Crippen LogP contribution in [0.5, 0.6) is 0 Å². The number of alkyl halides is 2. The van der Waals surface area contributed by atoms with Crippen molar-refractivity contribution in [3.8, 4) is 0 Å². The second-order valence-electron chi connectivity index (χ2n) is 2.59. The van der Waals surface area contributed by atoms with E-state index >= 15 is 0 Å². The van der Waals surface area contributed by atoms with E-state index in [-0.39, 0.29) is 16.7 Å². The maximum Gasteiger partial charge on any atom is 0.292 e. The highest BCUT2D eigenvalue weighted by atomic mass is 79.9. The first kappa shape index (κ1) is 11.9. The lowest BCUT2D eigenvalue weighted by Gasteiger charge is -2.08. The van der Waals surface area contributed by atoms with Crippen molar-refractivity contribution in [2.75, 3.05) is 0 Å². The van der Waals surface area contributed by atoms with Crippen molar-refractivity contribution in [2.24, 2.45) is 5.73 Å². The molecule has 1 heterocycles. The molecule has 2 N–H and O–H groups in total. The Morgan fingerprint density at radius 2 is 2.27 bits per heavy atom. The highest BCUT2D eigenvalue weighted by molar-refractivity contribution is 9.10. The molecule has 8 heteroatoms. The molecule has 0 aromatic carbocycles. The zero-order valence-corrected chi connectivity index (χ0v) is 8.87. The Morgan fingerprint density at radius 3 is 2.67 bits per heavy atom.